The van der Waals surface area contributed by atoms with E-state index < -0.39 is 0 Å². The summed E-state index contributed by atoms with van der Waals surface area (Å²) in [5.41, 5.74) is 8.89. The zero-order chi connectivity index (χ0) is 35.0. The molecule has 0 aliphatic carbocycles. The van der Waals surface area contributed by atoms with Crippen LogP contribution in [0.4, 0.5) is 0 Å². The molecule has 0 fully saturated rings. The number of aromatic nitrogens is 3. The van der Waals surface area contributed by atoms with E-state index in [1.807, 2.05) is 90.2 Å². The Balaban J connectivity index is 1.27. The minimum absolute atomic E-state index is 0.438. The standard InChI is InChI=1S/C47H26N4OS/c48-27-35-43(28-13-3-1-4-14-28)49-47(50-44(35)29-15-5-2-6-16-29)34-23-25-37(46-41(34)32-18-8-11-21-38(32)52-46)51-36-20-10-7-17-30(36)31-24-26-40-42(45(31)51)33-19-9-12-22-39(33)53-40/h1-26H. The summed E-state index contributed by atoms with van der Waals surface area (Å²) in [4.78, 5) is 10.4. The Morgan fingerprint density at radius 1 is 0.547 bits per heavy atom. The molecule has 4 heterocycles. The Morgan fingerprint density at radius 2 is 1.19 bits per heavy atom. The number of rotatable bonds is 4. The van der Waals surface area contributed by atoms with E-state index in [1.165, 1.54) is 30.9 Å². The second kappa shape index (κ2) is 11.5. The molecule has 7 aromatic carbocycles. The van der Waals surface area contributed by atoms with Crippen molar-refractivity contribution in [3.8, 4) is 45.7 Å². The molecule has 11 rings (SSSR count). The van der Waals surface area contributed by atoms with Crippen LogP contribution in [0.5, 0.6) is 0 Å². The quantitative estimate of drug-likeness (QED) is 0.184. The molecule has 53 heavy (non-hydrogen) atoms. The molecule has 6 heteroatoms. The van der Waals surface area contributed by atoms with Crippen molar-refractivity contribution in [1.29, 1.82) is 5.26 Å². The van der Waals surface area contributed by atoms with E-state index in [1.54, 1.807) is 0 Å². The molecule has 0 radical (unpaired) electrons. The molecule has 0 bridgehead atoms. The van der Waals surface area contributed by atoms with Gasteiger partial charge in [-0.15, -0.1) is 11.3 Å². The molecule has 0 saturated heterocycles. The van der Waals surface area contributed by atoms with Gasteiger partial charge in [0.25, 0.3) is 0 Å². The van der Waals surface area contributed by atoms with E-state index >= 15 is 0 Å². The van der Waals surface area contributed by atoms with E-state index in [9.17, 15) is 5.26 Å². The molecule has 0 spiro atoms. The maximum Gasteiger partial charge on any atom is 0.161 e. The van der Waals surface area contributed by atoms with Crippen LogP contribution in [-0.4, -0.2) is 14.5 Å². The highest BCUT2D eigenvalue weighted by Gasteiger charge is 2.25. The van der Waals surface area contributed by atoms with Crippen LogP contribution in [-0.2, 0) is 0 Å². The number of nitrogens with zero attached hydrogens (tertiary/aromatic N) is 4. The molecule has 4 aromatic heterocycles. The van der Waals surface area contributed by atoms with E-state index in [0.717, 1.165) is 55.3 Å². The minimum atomic E-state index is 0.438. The lowest BCUT2D eigenvalue weighted by molar-refractivity contribution is 0.666. The van der Waals surface area contributed by atoms with Gasteiger partial charge in [0.15, 0.2) is 11.4 Å². The lowest BCUT2D eigenvalue weighted by atomic mass is 9.99. The number of hydrogen-bond acceptors (Lipinski definition) is 5. The number of nitriles is 1. The Hall–Kier alpha value is -7.07. The first-order valence-electron chi connectivity index (χ1n) is 17.5. The third-order valence-electron chi connectivity index (χ3n) is 10.3. The summed E-state index contributed by atoms with van der Waals surface area (Å²) in [5.74, 6) is 0.526. The molecule has 0 N–H and O–H groups in total. The molecule has 0 atom stereocenters. The molecule has 246 valence electrons. The summed E-state index contributed by atoms with van der Waals surface area (Å²) in [7, 11) is 0. The van der Waals surface area contributed by atoms with Gasteiger partial charge in [-0.1, -0.05) is 121 Å². The van der Waals surface area contributed by atoms with Gasteiger partial charge in [0, 0.05) is 58.4 Å². The molecule has 5 nitrogen and oxygen atoms in total. The number of benzene rings is 7. The van der Waals surface area contributed by atoms with Crippen LogP contribution in [0.25, 0.3) is 104 Å². The summed E-state index contributed by atoms with van der Waals surface area (Å²) < 4.78 is 11.8. The first kappa shape index (κ1) is 29.6. The average Bonchev–Trinajstić information content (AvgIpc) is 3.91. The molecular weight excluding hydrogens is 669 g/mol. The Bertz CT molecular complexity index is 3230. The largest absolute Gasteiger partial charge is 0.454 e. The lowest BCUT2D eigenvalue weighted by Gasteiger charge is -2.14. The van der Waals surface area contributed by atoms with Gasteiger partial charge in [0.2, 0.25) is 0 Å². The van der Waals surface area contributed by atoms with Gasteiger partial charge in [0.1, 0.15) is 17.2 Å². The fraction of sp³-hybridized carbons (Fsp3) is 0. The van der Waals surface area contributed by atoms with E-state index in [-0.39, 0.29) is 0 Å². The summed E-state index contributed by atoms with van der Waals surface area (Å²) >= 11 is 1.82. The van der Waals surface area contributed by atoms with Gasteiger partial charge in [-0.05, 0) is 36.4 Å². The van der Waals surface area contributed by atoms with Crippen molar-refractivity contribution in [2.75, 3.05) is 0 Å². The summed E-state index contributed by atoms with van der Waals surface area (Å²) in [6.07, 6.45) is 0. The van der Waals surface area contributed by atoms with Gasteiger partial charge in [-0.3, -0.25) is 0 Å². The summed E-state index contributed by atoms with van der Waals surface area (Å²) in [6.45, 7) is 0. The van der Waals surface area contributed by atoms with Gasteiger partial charge >= 0.3 is 0 Å². The van der Waals surface area contributed by atoms with E-state index in [2.05, 4.69) is 89.5 Å². The SMILES string of the molecule is N#Cc1c(-c2ccccc2)nc(-c2ccc(-n3c4ccccc4c4ccc5sc6ccccc6c5c43)c3oc4ccccc4c23)nc1-c1ccccc1. The lowest BCUT2D eigenvalue weighted by Crippen LogP contribution is -2.02. The fourth-order valence-electron chi connectivity index (χ4n) is 7.99. The molecule has 0 amide bonds. The number of fused-ring (bicyclic) bond motifs is 10. The van der Waals surface area contributed by atoms with Crippen molar-refractivity contribution >= 4 is 75.3 Å². The monoisotopic (exact) mass is 694 g/mol. The predicted molar refractivity (Wildman–Crippen MR) is 218 cm³/mol. The highest BCUT2D eigenvalue weighted by Crippen LogP contribution is 2.46. The Morgan fingerprint density at radius 3 is 1.92 bits per heavy atom. The topological polar surface area (TPSA) is 67.6 Å². The van der Waals surface area contributed by atoms with Crippen LogP contribution >= 0.6 is 11.3 Å². The van der Waals surface area contributed by atoms with Gasteiger partial charge in [-0.25, -0.2) is 9.97 Å². The highest BCUT2D eigenvalue weighted by atomic mass is 32.1. The van der Waals surface area contributed by atoms with Crippen molar-refractivity contribution in [2.24, 2.45) is 0 Å². The van der Waals surface area contributed by atoms with E-state index in [0.29, 0.717) is 22.8 Å². The minimum Gasteiger partial charge on any atom is -0.454 e. The number of thiophene rings is 1. The first-order valence-corrected chi connectivity index (χ1v) is 18.3. The smallest absolute Gasteiger partial charge is 0.161 e. The van der Waals surface area contributed by atoms with Gasteiger partial charge < -0.3 is 8.98 Å². The van der Waals surface area contributed by atoms with Crippen LogP contribution in [0, 0.1) is 11.3 Å². The maximum absolute atomic E-state index is 10.6. The molecule has 0 aliphatic heterocycles. The maximum atomic E-state index is 10.6. The summed E-state index contributed by atoms with van der Waals surface area (Å²) in [6, 6.07) is 56.5. The van der Waals surface area contributed by atoms with E-state index in [4.69, 9.17) is 14.4 Å². The molecule has 0 aliphatic rings. The van der Waals surface area contributed by atoms with Crippen LogP contribution in [0.15, 0.2) is 162 Å². The first-order chi connectivity index (χ1) is 26.3. The van der Waals surface area contributed by atoms with Crippen molar-refractivity contribution in [3.63, 3.8) is 0 Å². The van der Waals surface area contributed by atoms with Crippen LogP contribution in [0.3, 0.4) is 0 Å². The zero-order valence-electron chi connectivity index (χ0n) is 28.1. The van der Waals surface area contributed by atoms with Crippen molar-refractivity contribution < 1.29 is 4.42 Å². The van der Waals surface area contributed by atoms with Crippen molar-refractivity contribution in [2.45, 2.75) is 0 Å². The number of furan rings is 1. The van der Waals surface area contributed by atoms with Crippen LogP contribution in [0.1, 0.15) is 5.56 Å². The molecule has 0 unspecified atom stereocenters. The van der Waals surface area contributed by atoms with Gasteiger partial charge in [-0.2, -0.15) is 5.26 Å². The fourth-order valence-corrected chi connectivity index (χ4v) is 9.10. The van der Waals surface area contributed by atoms with Crippen molar-refractivity contribution in [3.05, 3.63) is 163 Å². The number of hydrogen-bond donors (Lipinski definition) is 0. The normalized spacial score (nSPS) is 11.8. The Kier molecular flexibility index (Phi) is 6.42. The molecule has 11 aromatic rings. The zero-order valence-corrected chi connectivity index (χ0v) is 28.9. The van der Waals surface area contributed by atoms with Crippen molar-refractivity contribution in [1.82, 2.24) is 14.5 Å². The average molecular weight is 695 g/mol. The van der Waals surface area contributed by atoms with Crippen LogP contribution in [0.2, 0.25) is 0 Å². The molecular formula is C47H26N4OS. The third kappa shape index (κ3) is 4.35. The second-order valence-corrected chi connectivity index (χ2v) is 14.3. The second-order valence-electron chi connectivity index (χ2n) is 13.2. The van der Waals surface area contributed by atoms with Gasteiger partial charge in [0.05, 0.1) is 28.1 Å². The highest BCUT2D eigenvalue weighted by molar-refractivity contribution is 7.26. The summed E-state index contributed by atoms with van der Waals surface area (Å²) in [5, 5.41) is 17.3. The Labute approximate surface area is 307 Å². The predicted octanol–water partition coefficient (Wildman–Crippen LogP) is 12.7. The number of para-hydroxylation sites is 2. The third-order valence-corrected chi connectivity index (χ3v) is 11.4. The van der Waals surface area contributed by atoms with Crippen LogP contribution < -0.4 is 0 Å². The molecule has 0 saturated carbocycles.